The number of likely N-dealkylation sites (tertiary alicyclic amines) is 1. The van der Waals surface area contributed by atoms with E-state index in [2.05, 4.69) is 34.4 Å². The van der Waals surface area contributed by atoms with Crippen LogP contribution >= 0.6 is 24.0 Å². The molecular weight excluding hydrogens is 433 g/mol. The summed E-state index contributed by atoms with van der Waals surface area (Å²) in [6, 6.07) is 0.828. The van der Waals surface area contributed by atoms with E-state index in [9.17, 15) is 4.79 Å². The Balaban J connectivity index is 0.00000312. The first-order valence-electron chi connectivity index (χ1n) is 9.25. The van der Waals surface area contributed by atoms with Crippen molar-refractivity contribution in [3.05, 3.63) is 0 Å². The standard InChI is InChI=1S/C17H33N5O2.HI/c1-4-18-17(20-12-16(23)21-7-5-6-8-21)19-11-14(2)22-9-10-24-13-15(22)3;/h14-15H,4-13H2,1-3H3,(H2,18,19,20);1H. The van der Waals surface area contributed by atoms with E-state index in [1.165, 1.54) is 0 Å². The van der Waals surface area contributed by atoms with Crippen LogP contribution in [0.15, 0.2) is 4.99 Å². The van der Waals surface area contributed by atoms with Crippen LogP contribution in [-0.4, -0.2) is 86.2 Å². The van der Waals surface area contributed by atoms with Crippen molar-refractivity contribution in [1.82, 2.24) is 20.4 Å². The van der Waals surface area contributed by atoms with E-state index in [-0.39, 0.29) is 36.4 Å². The number of amides is 1. The molecule has 8 heteroatoms. The van der Waals surface area contributed by atoms with Crippen LogP contribution in [0, 0.1) is 0 Å². The predicted molar refractivity (Wildman–Crippen MR) is 112 cm³/mol. The lowest BCUT2D eigenvalue weighted by molar-refractivity contribution is -0.128. The van der Waals surface area contributed by atoms with E-state index in [0.717, 1.165) is 64.7 Å². The van der Waals surface area contributed by atoms with Crippen molar-refractivity contribution in [3.63, 3.8) is 0 Å². The van der Waals surface area contributed by atoms with E-state index < -0.39 is 0 Å². The second kappa shape index (κ2) is 11.9. The number of halogens is 1. The SMILES string of the molecule is CCNC(=NCC(=O)N1CCCC1)NCC(C)N1CCOCC1C.I. The van der Waals surface area contributed by atoms with Gasteiger partial charge in [-0.05, 0) is 33.6 Å². The van der Waals surface area contributed by atoms with Crippen molar-refractivity contribution in [2.45, 2.75) is 45.7 Å². The Morgan fingerprint density at radius 3 is 2.64 bits per heavy atom. The number of carbonyl (C=O) groups excluding carboxylic acids is 1. The highest BCUT2D eigenvalue weighted by Crippen LogP contribution is 2.10. The summed E-state index contributed by atoms with van der Waals surface area (Å²) in [5, 5.41) is 6.59. The predicted octanol–water partition coefficient (Wildman–Crippen LogP) is 0.891. The van der Waals surface area contributed by atoms with Crippen molar-refractivity contribution < 1.29 is 9.53 Å². The first-order valence-corrected chi connectivity index (χ1v) is 9.25. The Bertz CT molecular complexity index is 429. The van der Waals surface area contributed by atoms with Crippen LogP contribution in [0.2, 0.25) is 0 Å². The lowest BCUT2D eigenvalue weighted by Crippen LogP contribution is -2.53. The number of rotatable bonds is 6. The first-order chi connectivity index (χ1) is 11.6. The summed E-state index contributed by atoms with van der Waals surface area (Å²) in [6.45, 7) is 12.6. The molecule has 0 radical (unpaired) electrons. The highest BCUT2D eigenvalue weighted by atomic mass is 127. The quantitative estimate of drug-likeness (QED) is 0.345. The second-order valence-corrected chi connectivity index (χ2v) is 6.67. The zero-order valence-corrected chi connectivity index (χ0v) is 18.1. The van der Waals surface area contributed by atoms with Gasteiger partial charge in [-0.15, -0.1) is 24.0 Å². The van der Waals surface area contributed by atoms with Gasteiger partial charge in [-0.3, -0.25) is 9.69 Å². The summed E-state index contributed by atoms with van der Waals surface area (Å²) < 4.78 is 5.50. The van der Waals surface area contributed by atoms with Gasteiger partial charge in [0.25, 0.3) is 0 Å². The van der Waals surface area contributed by atoms with Gasteiger partial charge in [0.05, 0.1) is 13.2 Å². The fourth-order valence-electron chi connectivity index (χ4n) is 3.31. The Kier molecular flexibility index (Phi) is 10.7. The molecule has 0 aromatic heterocycles. The minimum atomic E-state index is 0. The number of nitrogens with one attached hydrogen (secondary N) is 2. The molecule has 0 bridgehead atoms. The van der Waals surface area contributed by atoms with Gasteiger partial charge in [-0.25, -0.2) is 4.99 Å². The molecule has 2 heterocycles. The molecule has 25 heavy (non-hydrogen) atoms. The third-order valence-electron chi connectivity index (χ3n) is 4.73. The van der Waals surface area contributed by atoms with Gasteiger partial charge in [0.2, 0.25) is 5.91 Å². The van der Waals surface area contributed by atoms with Gasteiger partial charge < -0.3 is 20.3 Å². The molecule has 0 spiro atoms. The lowest BCUT2D eigenvalue weighted by atomic mass is 10.2. The van der Waals surface area contributed by atoms with Crippen LogP contribution in [0.1, 0.15) is 33.6 Å². The summed E-state index contributed by atoms with van der Waals surface area (Å²) in [4.78, 5) is 20.9. The number of aliphatic imine (C=N–C) groups is 1. The van der Waals surface area contributed by atoms with Crippen molar-refractivity contribution in [2.75, 3.05) is 52.5 Å². The Hall–Kier alpha value is -0.610. The molecule has 0 aromatic carbocycles. The topological polar surface area (TPSA) is 69.2 Å². The smallest absolute Gasteiger partial charge is 0.244 e. The molecule has 2 fully saturated rings. The fourth-order valence-corrected chi connectivity index (χ4v) is 3.31. The lowest BCUT2D eigenvalue weighted by Gasteiger charge is -2.38. The van der Waals surface area contributed by atoms with Crippen molar-refractivity contribution in [2.24, 2.45) is 4.99 Å². The van der Waals surface area contributed by atoms with Crippen LogP contribution in [0.5, 0.6) is 0 Å². The minimum Gasteiger partial charge on any atom is -0.379 e. The Morgan fingerprint density at radius 1 is 1.28 bits per heavy atom. The monoisotopic (exact) mass is 467 g/mol. The number of carbonyl (C=O) groups is 1. The van der Waals surface area contributed by atoms with Crippen LogP contribution in [0.3, 0.4) is 0 Å². The average molecular weight is 467 g/mol. The molecule has 1 amide bonds. The highest BCUT2D eigenvalue weighted by molar-refractivity contribution is 14.0. The van der Waals surface area contributed by atoms with Crippen molar-refractivity contribution >= 4 is 35.8 Å². The fraction of sp³-hybridized carbons (Fsp3) is 0.882. The molecule has 146 valence electrons. The van der Waals surface area contributed by atoms with Crippen LogP contribution in [-0.2, 0) is 9.53 Å². The summed E-state index contributed by atoms with van der Waals surface area (Å²) in [5.74, 6) is 0.845. The number of guanidine groups is 1. The summed E-state index contributed by atoms with van der Waals surface area (Å²) >= 11 is 0. The maximum atomic E-state index is 12.1. The molecule has 2 atom stereocenters. The molecule has 2 unspecified atom stereocenters. The Morgan fingerprint density at radius 2 is 2.00 bits per heavy atom. The minimum absolute atomic E-state index is 0. The van der Waals surface area contributed by atoms with Gasteiger partial charge in [0.15, 0.2) is 5.96 Å². The number of hydrogen-bond acceptors (Lipinski definition) is 4. The molecule has 2 aliphatic rings. The van der Waals surface area contributed by atoms with Crippen LogP contribution in [0.25, 0.3) is 0 Å². The third kappa shape index (κ3) is 7.26. The molecule has 2 rings (SSSR count). The first kappa shape index (κ1) is 22.4. The van der Waals surface area contributed by atoms with E-state index in [1.807, 2.05) is 11.8 Å². The zero-order chi connectivity index (χ0) is 17.4. The van der Waals surface area contributed by atoms with Crippen LogP contribution < -0.4 is 10.6 Å². The maximum absolute atomic E-state index is 12.1. The number of nitrogens with zero attached hydrogens (tertiary/aromatic N) is 3. The normalized spacial score (nSPS) is 23.1. The van der Waals surface area contributed by atoms with Gasteiger partial charge >= 0.3 is 0 Å². The summed E-state index contributed by atoms with van der Waals surface area (Å²) in [5.41, 5.74) is 0. The van der Waals surface area contributed by atoms with Gasteiger partial charge in [-0.1, -0.05) is 0 Å². The Labute approximate surface area is 169 Å². The van der Waals surface area contributed by atoms with Crippen LogP contribution in [0.4, 0.5) is 0 Å². The number of ether oxygens (including phenoxy) is 1. The molecule has 7 nitrogen and oxygen atoms in total. The van der Waals surface area contributed by atoms with E-state index >= 15 is 0 Å². The second-order valence-electron chi connectivity index (χ2n) is 6.67. The molecule has 0 saturated carbocycles. The maximum Gasteiger partial charge on any atom is 0.244 e. The highest BCUT2D eigenvalue weighted by Gasteiger charge is 2.23. The largest absolute Gasteiger partial charge is 0.379 e. The van der Waals surface area contributed by atoms with Gasteiger partial charge in [0.1, 0.15) is 6.54 Å². The molecular formula is C17H34IN5O2. The van der Waals surface area contributed by atoms with E-state index in [4.69, 9.17) is 4.74 Å². The molecule has 2 aliphatic heterocycles. The van der Waals surface area contributed by atoms with Crippen molar-refractivity contribution in [3.8, 4) is 0 Å². The average Bonchev–Trinajstić information content (AvgIpc) is 3.12. The molecule has 0 aromatic rings. The van der Waals surface area contributed by atoms with E-state index in [0.29, 0.717) is 12.1 Å². The molecule has 0 aliphatic carbocycles. The molecule has 2 saturated heterocycles. The summed E-state index contributed by atoms with van der Waals surface area (Å²) in [6.07, 6.45) is 2.23. The zero-order valence-electron chi connectivity index (χ0n) is 15.8. The van der Waals surface area contributed by atoms with Crippen molar-refractivity contribution in [1.29, 1.82) is 0 Å². The number of hydrogen-bond donors (Lipinski definition) is 2. The third-order valence-corrected chi connectivity index (χ3v) is 4.73. The van der Waals surface area contributed by atoms with Gasteiger partial charge in [-0.2, -0.15) is 0 Å². The molecule has 2 N–H and O–H groups in total. The van der Waals surface area contributed by atoms with Gasteiger partial charge in [0, 0.05) is 44.8 Å². The van der Waals surface area contributed by atoms with E-state index in [1.54, 1.807) is 0 Å². The number of morpholine rings is 1. The summed E-state index contributed by atoms with van der Waals surface area (Å²) in [7, 11) is 0.